The summed E-state index contributed by atoms with van der Waals surface area (Å²) in [4.78, 5) is 14.6. The third-order valence-corrected chi connectivity index (χ3v) is 3.11. The summed E-state index contributed by atoms with van der Waals surface area (Å²) in [6.07, 6.45) is 1.63. The Morgan fingerprint density at radius 2 is 2.11 bits per heavy atom. The van der Waals surface area contributed by atoms with E-state index in [4.69, 9.17) is 16.7 Å². The van der Waals surface area contributed by atoms with Gasteiger partial charge >= 0.3 is 5.97 Å². The van der Waals surface area contributed by atoms with Gasteiger partial charge in [-0.05, 0) is 18.6 Å². The number of carboxylic acids is 1. The van der Waals surface area contributed by atoms with Gasteiger partial charge in [-0.1, -0.05) is 11.6 Å². The molecule has 0 aromatic carbocycles. The summed E-state index contributed by atoms with van der Waals surface area (Å²) in [5.41, 5.74) is -0.221. The fourth-order valence-electron chi connectivity index (χ4n) is 1.25. The Hall–Kier alpha value is -1.38. The molecule has 0 atom stereocenters. The largest absolute Gasteiger partial charge is 0.476 e. The minimum atomic E-state index is -3.18. The van der Waals surface area contributed by atoms with Gasteiger partial charge in [-0.2, -0.15) is 0 Å². The van der Waals surface area contributed by atoms with E-state index in [-0.39, 0.29) is 10.7 Å². The number of halogens is 1. The number of pyridine rings is 1. The van der Waals surface area contributed by atoms with E-state index < -0.39 is 16.0 Å². The molecule has 9 heteroatoms. The number of hydrogen-bond donors (Lipinski definition) is 3. The Kier molecular flexibility index (Phi) is 5.52. The van der Waals surface area contributed by atoms with Gasteiger partial charge in [0.05, 0.1) is 11.3 Å². The Balaban J connectivity index is 2.46. The van der Waals surface area contributed by atoms with Crippen LogP contribution in [0.1, 0.15) is 16.9 Å². The summed E-state index contributed by atoms with van der Waals surface area (Å²) in [6.45, 7) is 0.751. The van der Waals surface area contributed by atoms with Crippen molar-refractivity contribution in [2.75, 3.05) is 24.7 Å². The zero-order valence-corrected chi connectivity index (χ0v) is 11.8. The number of aromatic carboxylic acids is 1. The highest BCUT2D eigenvalue weighted by Crippen LogP contribution is 2.16. The lowest BCUT2D eigenvalue weighted by molar-refractivity contribution is 0.0691. The molecule has 1 aromatic heterocycles. The summed E-state index contributed by atoms with van der Waals surface area (Å²) >= 11 is 5.68. The average molecular weight is 308 g/mol. The minimum Gasteiger partial charge on any atom is -0.476 e. The van der Waals surface area contributed by atoms with E-state index in [0.29, 0.717) is 25.3 Å². The normalized spacial score (nSPS) is 11.3. The molecule has 0 aliphatic rings. The molecule has 1 aromatic rings. The zero-order chi connectivity index (χ0) is 14.5. The predicted molar refractivity (Wildman–Crippen MR) is 72.2 cm³/mol. The molecule has 0 amide bonds. The van der Waals surface area contributed by atoms with Gasteiger partial charge in [0, 0.05) is 13.1 Å². The van der Waals surface area contributed by atoms with E-state index in [2.05, 4.69) is 15.0 Å². The number of carboxylic acid groups (broad SMARTS) is 1. The molecule has 0 radical (unpaired) electrons. The van der Waals surface area contributed by atoms with E-state index in [9.17, 15) is 13.2 Å². The van der Waals surface area contributed by atoms with Crippen LogP contribution in [-0.2, 0) is 10.0 Å². The molecule has 0 aliphatic carbocycles. The number of carbonyl (C=O) groups is 1. The van der Waals surface area contributed by atoms with Gasteiger partial charge in [0.1, 0.15) is 5.82 Å². The van der Waals surface area contributed by atoms with E-state index in [1.807, 2.05) is 0 Å². The van der Waals surface area contributed by atoms with Crippen LogP contribution in [0.3, 0.4) is 0 Å². The summed E-state index contributed by atoms with van der Waals surface area (Å²) in [5, 5.41) is 11.8. The molecule has 1 rings (SSSR count). The van der Waals surface area contributed by atoms with Crippen LogP contribution in [0.2, 0.25) is 5.02 Å². The highest BCUT2D eigenvalue weighted by Gasteiger charge is 2.11. The Morgan fingerprint density at radius 3 is 2.68 bits per heavy atom. The quantitative estimate of drug-likeness (QED) is 0.643. The number of hydrogen-bond acceptors (Lipinski definition) is 5. The Bertz CT molecular complexity index is 562. The van der Waals surface area contributed by atoms with E-state index in [1.165, 1.54) is 6.07 Å². The molecule has 19 heavy (non-hydrogen) atoms. The molecular formula is C10H14ClN3O4S. The van der Waals surface area contributed by atoms with Gasteiger partial charge in [0.15, 0.2) is 5.69 Å². The molecule has 0 aliphatic heterocycles. The predicted octanol–water partition coefficient (Wildman–Crippen LogP) is 0.784. The minimum absolute atomic E-state index is 0.0665. The first-order valence-electron chi connectivity index (χ1n) is 5.38. The van der Waals surface area contributed by atoms with Crippen molar-refractivity contribution in [2.45, 2.75) is 6.42 Å². The van der Waals surface area contributed by atoms with Gasteiger partial charge < -0.3 is 10.4 Å². The van der Waals surface area contributed by atoms with Crippen LogP contribution < -0.4 is 10.0 Å². The summed E-state index contributed by atoms with van der Waals surface area (Å²) in [5.74, 6) is -0.825. The fourth-order valence-corrected chi connectivity index (χ4v) is 1.95. The zero-order valence-electron chi connectivity index (χ0n) is 10.2. The molecule has 0 spiro atoms. The maximum Gasteiger partial charge on any atom is 0.356 e. The second kappa shape index (κ2) is 6.69. The SMILES string of the molecule is CS(=O)(=O)NCCCNc1ccc(Cl)c(C(=O)O)n1. The number of aromatic nitrogens is 1. The van der Waals surface area contributed by atoms with Crippen molar-refractivity contribution in [3.8, 4) is 0 Å². The molecule has 0 saturated heterocycles. The van der Waals surface area contributed by atoms with Crippen LogP contribution in [0.15, 0.2) is 12.1 Å². The van der Waals surface area contributed by atoms with Crippen molar-refractivity contribution in [3.05, 3.63) is 22.8 Å². The van der Waals surface area contributed by atoms with Crippen LogP contribution in [0, 0.1) is 0 Å². The summed E-state index contributed by atoms with van der Waals surface area (Å²) in [6, 6.07) is 2.99. The molecule has 0 bridgehead atoms. The van der Waals surface area contributed by atoms with Gasteiger partial charge in [-0.3, -0.25) is 0 Å². The van der Waals surface area contributed by atoms with Crippen molar-refractivity contribution in [1.82, 2.24) is 9.71 Å². The third-order valence-electron chi connectivity index (χ3n) is 2.07. The molecular weight excluding hydrogens is 294 g/mol. The molecule has 106 valence electrons. The van der Waals surface area contributed by atoms with Crippen LogP contribution in [0.25, 0.3) is 0 Å². The fraction of sp³-hybridized carbons (Fsp3) is 0.400. The maximum atomic E-state index is 10.8. The Labute approximate surface area is 116 Å². The third kappa shape index (κ3) is 5.86. The molecule has 1 heterocycles. The number of nitrogens with one attached hydrogen (secondary N) is 2. The van der Waals surface area contributed by atoms with Crippen LogP contribution in [0.4, 0.5) is 5.82 Å². The number of rotatable bonds is 7. The first kappa shape index (κ1) is 15.7. The first-order valence-corrected chi connectivity index (χ1v) is 7.65. The summed E-state index contributed by atoms with van der Waals surface area (Å²) < 4.78 is 23.9. The van der Waals surface area contributed by atoms with Gasteiger partial charge in [0.25, 0.3) is 0 Å². The highest BCUT2D eigenvalue weighted by atomic mass is 35.5. The van der Waals surface area contributed by atoms with Gasteiger partial charge in [-0.25, -0.2) is 22.9 Å². The van der Waals surface area contributed by atoms with Gasteiger partial charge in [-0.15, -0.1) is 0 Å². The second-order valence-electron chi connectivity index (χ2n) is 3.78. The topological polar surface area (TPSA) is 108 Å². The molecule has 0 unspecified atom stereocenters. The second-order valence-corrected chi connectivity index (χ2v) is 6.02. The molecule has 7 nitrogen and oxygen atoms in total. The van der Waals surface area contributed by atoms with Crippen molar-refractivity contribution < 1.29 is 18.3 Å². The van der Waals surface area contributed by atoms with Crippen molar-refractivity contribution in [3.63, 3.8) is 0 Å². The lowest BCUT2D eigenvalue weighted by atomic mass is 10.3. The molecule has 0 saturated carbocycles. The molecule has 3 N–H and O–H groups in total. The average Bonchev–Trinajstić information content (AvgIpc) is 2.29. The van der Waals surface area contributed by atoms with E-state index in [0.717, 1.165) is 6.26 Å². The van der Waals surface area contributed by atoms with Crippen molar-refractivity contribution >= 4 is 33.4 Å². The molecule has 0 fully saturated rings. The monoisotopic (exact) mass is 307 g/mol. The number of nitrogens with zero attached hydrogens (tertiary/aromatic N) is 1. The maximum absolute atomic E-state index is 10.8. The van der Waals surface area contributed by atoms with Crippen LogP contribution in [-0.4, -0.2) is 43.8 Å². The number of sulfonamides is 1. The van der Waals surface area contributed by atoms with Crippen LogP contribution in [0.5, 0.6) is 0 Å². The lowest BCUT2D eigenvalue weighted by Gasteiger charge is -2.07. The van der Waals surface area contributed by atoms with Crippen LogP contribution >= 0.6 is 11.6 Å². The summed E-state index contributed by atoms with van der Waals surface area (Å²) in [7, 11) is -3.18. The number of anilines is 1. The smallest absolute Gasteiger partial charge is 0.356 e. The van der Waals surface area contributed by atoms with E-state index >= 15 is 0 Å². The van der Waals surface area contributed by atoms with Crippen molar-refractivity contribution in [1.29, 1.82) is 0 Å². The van der Waals surface area contributed by atoms with E-state index in [1.54, 1.807) is 6.07 Å². The highest BCUT2D eigenvalue weighted by molar-refractivity contribution is 7.88. The standard InChI is InChI=1S/C10H14ClN3O4S/c1-19(17,18)13-6-2-5-12-8-4-3-7(11)9(14-8)10(15)16/h3-4,13H,2,5-6H2,1H3,(H,12,14)(H,15,16). The van der Waals surface area contributed by atoms with Gasteiger partial charge in [0.2, 0.25) is 10.0 Å². The first-order chi connectivity index (χ1) is 8.79. The lowest BCUT2D eigenvalue weighted by Crippen LogP contribution is -2.24. The Morgan fingerprint density at radius 1 is 1.42 bits per heavy atom. The van der Waals surface area contributed by atoms with Crippen molar-refractivity contribution in [2.24, 2.45) is 0 Å².